The van der Waals surface area contributed by atoms with Crippen LogP contribution in [0.3, 0.4) is 0 Å². The third-order valence-electron chi connectivity index (χ3n) is 2.31. The summed E-state index contributed by atoms with van der Waals surface area (Å²) in [5.74, 6) is 0.714. The molecule has 1 heteroatoms. The molecule has 0 aliphatic heterocycles. The fraction of sp³-hybridized carbons (Fsp3) is 0.692. The molecule has 0 fully saturated rings. The van der Waals surface area contributed by atoms with Gasteiger partial charge in [0.05, 0.1) is 5.60 Å². The molecule has 1 N–H and O–H groups in total. The Kier molecular flexibility index (Phi) is 5.78. The van der Waals surface area contributed by atoms with Gasteiger partial charge in [0.1, 0.15) is 0 Å². The van der Waals surface area contributed by atoms with Crippen molar-refractivity contribution in [2.24, 2.45) is 5.92 Å². The highest BCUT2D eigenvalue weighted by atomic mass is 16.3. The summed E-state index contributed by atoms with van der Waals surface area (Å²) < 4.78 is 0. The van der Waals surface area contributed by atoms with Crippen molar-refractivity contribution in [3.63, 3.8) is 0 Å². The minimum atomic E-state index is -0.714. The fourth-order valence-corrected chi connectivity index (χ4v) is 1.44. The second kappa shape index (κ2) is 6.02. The largest absolute Gasteiger partial charge is 0.386 e. The van der Waals surface area contributed by atoms with Gasteiger partial charge in [0, 0.05) is 0 Å². The van der Waals surface area contributed by atoms with Crippen LogP contribution in [0.15, 0.2) is 24.3 Å². The zero-order valence-corrected chi connectivity index (χ0v) is 10.0. The van der Waals surface area contributed by atoms with Crippen molar-refractivity contribution in [1.29, 1.82) is 0 Å². The van der Waals surface area contributed by atoms with Crippen molar-refractivity contribution in [3.8, 4) is 0 Å². The lowest BCUT2D eigenvalue weighted by molar-refractivity contribution is 0.103. The second-order valence-electron chi connectivity index (χ2n) is 4.75. The number of hydrogen-bond donors (Lipinski definition) is 1. The van der Waals surface area contributed by atoms with Crippen molar-refractivity contribution in [2.75, 3.05) is 0 Å². The minimum absolute atomic E-state index is 0.714. The molecular formula is C13H24O. The van der Waals surface area contributed by atoms with Crippen molar-refractivity contribution >= 4 is 0 Å². The van der Waals surface area contributed by atoms with E-state index in [-0.39, 0.29) is 0 Å². The average Bonchev–Trinajstić information content (AvgIpc) is 2.02. The van der Waals surface area contributed by atoms with E-state index in [0.717, 1.165) is 19.3 Å². The number of hydrogen-bond acceptors (Lipinski definition) is 1. The second-order valence-corrected chi connectivity index (χ2v) is 4.75. The van der Waals surface area contributed by atoms with Gasteiger partial charge in [-0.05, 0) is 39.0 Å². The van der Waals surface area contributed by atoms with E-state index in [0.29, 0.717) is 5.92 Å². The Hall–Kier alpha value is -0.560. The van der Waals surface area contributed by atoms with Gasteiger partial charge in [0.2, 0.25) is 0 Å². The molecule has 0 aliphatic rings. The van der Waals surface area contributed by atoms with Crippen LogP contribution in [0.2, 0.25) is 0 Å². The molecule has 0 radical (unpaired) electrons. The Labute approximate surface area is 88.5 Å². The number of aliphatic hydroxyl groups is 1. The number of rotatable bonds is 6. The van der Waals surface area contributed by atoms with E-state index in [1.807, 2.05) is 0 Å². The summed E-state index contributed by atoms with van der Waals surface area (Å²) in [6, 6.07) is 0. The summed E-state index contributed by atoms with van der Waals surface area (Å²) in [4.78, 5) is 0. The minimum Gasteiger partial charge on any atom is -0.386 e. The molecule has 0 aromatic carbocycles. The zero-order valence-electron chi connectivity index (χ0n) is 10.0. The van der Waals surface area contributed by atoms with E-state index in [2.05, 4.69) is 33.4 Å². The lowest BCUT2D eigenvalue weighted by Gasteiger charge is -2.17. The van der Waals surface area contributed by atoms with Crippen molar-refractivity contribution < 1.29 is 5.11 Å². The van der Waals surface area contributed by atoms with E-state index in [4.69, 9.17) is 0 Å². The highest BCUT2D eigenvalue weighted by Crippen LogP contribution is 2.16. The van der Waals surface area contributed by atoms with Crippen molar-refractivity contribution in [2.45, 2.75) is 52.6 Å². The first kappa shape index (κ1) is 13.4. The normalized spacial score (nSPS) is 16.9. The maximum Gasteiger partial charge on any atom is 0.0800 e. The third-order valence-corrected chi connectivity index (χ3v) is 2.31. The fourth-order valence-electron chi connectivity index (χ4n) is 1.44. The maximum absolute atomic E-state index is 9.67. The Morgan fingerprint density at radius 3 is 2.50 bits per heavy atom. The molecule has 0 unspecified atom stereocenters. The van der Waals surface area contributed by atoms with Gasteiger partial charge >= 0.3 is 0 Å². The lowest BCUT2D eigenvalue weighted by atomic mass is 9.98. The molecule has 0 aliphatic carbocycles. The van der Waals surface area contributed by atoms with Gasteiger partial charge in [0.15, 0.2) is 0 Å². The maximum atomic E-state index is 9.67. The molecule has 0 saturated heterocycles. The zero-order chi connectivity index (χ0) is 11.2. The molecule has 14 heavy (non-hydrogen) atoms. The topological polar surface area (TPSA) is 20.2 Å². The highest BCUT2D eigenvalue weighted by Gasteiger charge is 2.13. The highest BCUT2D eigenvalue weighted by molar-refractivity contribution is 5.01. The van der Waals surface area contributed by atoms with Crippen LogP contribution in [0.4, 0.5) is 0 Å². The van der Waals surface area contributed by atoms with Crippen LogP contribution in [0, 0.1) is 5.92 Å². The van der Waals surface area contributed by atoms with E-state index in [9.17, 15) is 5.11 Å². The quantitative estimate of drug-likeness (QED) is 0.642. The van der Waals surface area contributed by atoms with Crippen LogP contribution in [-0.2, 0) is 0 Å². The summed E-state index contributed by atoms with van der Waals surface area (Å²) in [5.41, 5.74) is 0.703. The molecule has 1 atom stereocenters. The van der Waals surface area contributed by atoms with E-state index in [1.54, 1.807) is 13.0 Å². The van der Waals surface area contributed by atoms with E-state index >= 15 is 0 Å². The first-order valence-corrected chi connectivity index (χ1v) is 5.39. The van der Waals surface area contributed by atoms with Crippen LogP contribution in [0.5, 0.6) is 0 Å². The van der Waals surface area contributed by atoms with E-state index in [1.165, 1.54) is 5.57 Å². The van der Waals surface area contributed by atoms with Gasteiger partial charge in [-0.2, -0.15) is 0 Å². The molecule has 0 saturated carbocycles. The first-order chi connectivity index (χ1) is 6.37. The van der Waals surface area contributed by atoms with Crippen LogP contribution in [-0.4, -0.2) is 10.7 Å². The van der Waals surface area contributed by atoms with Gasteiger partial charge in [-0.25, -0.2) is 0 Å². The van der Waals surface area contributed by atoms with Crippen molar-refractivity contribution in [1.82, 2.24) is 0 Å². The van der Waals surface area contributed by atoms with Crippen LogP contribution in [0.25, 0.3) is 0 Å². The summed E-state index contributed by atoms with van der Waals surface area (Å²) in [7, 11) is 0. The summed E-state index contributed by atoms with van der Waals surface area (Å²) in [6.07, 6.45) is 6.66. The van der Waals surface area contributed by atoms with Crippen LogP contribution < -0.4 is 0 Å². The van der Waals surface area contributed by atoms with Crippen LogP contribution in [0.1, 0.15) is 47.0 Å². The number of allylic oxidation sites excluding steroid dienone is 2. The predicted octanol–water partition coefficient (Wildman–Crippen LogP) is 3.70. The molecule has 0 rings (SSSR count). The molecule has 0 spiro atoms. The van der Waals surface area contributed by atoms with Crippen LogP contribution >= 0.6 is 0 Å². The molecule has 0 aromatic rings. The SMILES string of the molecule is C=C[C@@](C)(O)CC/C=C(\C)CC(C)C. The predicted molar refractivity (Wildman–Crippen MR) is 63.3 cm³/mol. The molecule has 0 bridgehead atoms. The van der Waals surface area contributed by atoms with Gasteiger partial charge in [-0.3, -0.25) is 0 Å². The van der Waals surface area contributed by atoms with E-state index < -0.39 is 5.60 Å². The molecular weight excluding hydrogens is 172 g/mol. The molecule has 0 aromatic heterocycles. The monoisotopic (exact) mass is 196 g/mol. The molecule has 0 amide bonds. The molecule has 82 valence electrons. The van der Waals surface area contributed by atoms with Gasteiger partial charge < -0.3 is 5.11 Å². The summed E-state index contributed by atoms with van der Waals surface area (Å²) in [5, 5.41) is 9.67. The molecule has 0 heterocycles. The standard InChI is InChI=1S/C13H24O/c1-6-13(5,14)9-7-8-12(4)10-11(2)3/h6,8,11,14H,1,7,9-10H2,2-5H3/b12-8+/t13-/m1/s1. The first-order valence-electron chi connectivity index (χ1n) is 5.39. The van der Waals surface area contributed by atoms with Gasteiger partial charge in [-0.15, -0.1) is 6.58 Å². The van der Waals surface area contributed by atoms with Gasteiger partial charge in [-0.1, -0.05) is 31.6 Å². The lowest BCUT2D eigenvalue weighted by Crippen LogP contribution is -2.19. The Bertz CT molecular complexity index is 199. The van der Waals surface area contributed by atoms with Gasteiger partial charge in [0.25, 0.3) is 0 Å². The Morgan fingerprint density at radius 2 is 2.07 bits per heavy atom. The summed E-state index contributed by atoms with van der Waals surface area (Å²) >= 11 is 0. The van der Waals surface area contributed by atoms with Crippen molar-refractivity contribution in [3.05, 3.63) is 24.3 Å². The average molecular weight is 196 g/mol. The third kappa shape index (κ3) is 6.90. The Morgan fingerprint density at radius 1 is 1.50 bits per heavy atom. The Balaban J connectivity index is 3.87. The summed E-state index contributed by atoms with van der Waals surface area (Å²) in [6.45, 7) is 12.0. The molecule has 1 nitrogen and oxygen atoms in total. The smallest absolute Gasteiger partial charge is 0.0800 e.